The molecule has 3 saturated heterocycles. The highest BCUT2D eigenvalue weighted by atomic mass is 35.5. The van der Waals surface area contributed by atoms with Gasteiger partial charge < -0.3 is 14.4 Å². The molecule has 4 aliphatic heterocycles. The number of halogens is 1. The summed E-state index contributed by atoms with van der Waals surface area (Å²) in [7, 11) is 0. The van der Waals surface area contributed by atoms with Gasteiger partial charge in [0, 0.05) is 22.2 Å². The molecule has 5 nitrogen and oxygen atoms in total. The summed E-state index contributed by atoms with van der Waals surface area (Å²) in [6, 6.07) is 14.2. The summed E-state index contributed by atoms with van der Waals surface area (Å²) in [5.74, 6) is -0.785. The van der Waals surface area contributed by atoms with E-state index in [1.807, 2.05) is 24.3 Å². The minimum atomic E-state index is -0.859. The lowest BCUT2D eigenvalue weighted by atomic mass is 9.77. The maximum atomic E-state index is 13.7. The van der Waals surface area contributed by atoms with Crippen molar-refractivity contribution in [2.75, 3.05) is 11.5 Å². The van der Waals surface area contributed by atoms with E-state index in [2.05, 4.69) is 17.1 Å². The molecule has 0 saturated carbocycles. The Morgan fingerprint density at radius 2 is 1.90 bits per heavy atom. The van der Waals surface area contributed by atoms with Gasteiger partial charge in [0.1, 0.15) is 6.04 Å². The molecule has 6 rings (SSSR count). The fraction of sp³-hybridized carbons (Fsp3) is 0.304. The molecule has 0 spiro atoms. The molecule has 4 heterocycles. The van der Waals surface area contributed by atoms with Crippen LogP contribution in [0.1, 0.15) is 15.9 Å². The molecule has 0 N–H and O–H groups in total. The molecule has 2 bridgehead atoms. The number of para-hydroxylation sites is 1. The van der Waals surface area contributed by atoms with Crippen LogP contribution in [0.5, 0.6) is 0 Å². The lowest BCUT2D eigenvalue weighted by Crippen LogP contribution is -2.49. The molecule has 3 fully saturated rings. The first-order chi connectivity index (χ1) is 14.1. The van der Waals surface area contributed by atoms with Crippen molar-refractivity contribution in [2.24, 2.45) is 11.8 Å². The second-order valence-corrected chi connectivity index (χ2v) is 8.41. The Balaban J connectivity index is 1.52. The van der Waals surface area contributed by atoms with Crippen LogP contribution in [0.4, 0.5) is 5.69 Å². The van der Waals surface area contributed by atoms with Crippen molar-refractivity contribution in [2.45, 2.75) is 24.5 Å². The van der Waals surface area contributed by atoms with Crippen LogP contribution in [-0.2, 0) is 14.3 Å². The first kappa shape index (κ1) is 17.4. The largest absolute Gasteiger partial charge is 0.353 e. The summed E-state index contributed by atoms with van der Waals surface area (Å²) in [4.78, 5) is 29.1. The van der Waals surface area contributed by atoms with Gasteiger partial charge in [-0.05, 0) is 35.9 Å². The second-order valence-electron chi connectivity index (χ2n) is 7.98. The van der Waals surface area contributed by atoms with Gasteiger partial charge in [0.2, 0.25) is 6.29 Å². The minimum absolute atomic E-state index is 0.0704. The number of carbonyl (C=O) groups is 2. The van der Waals surface area contributed by atoms with Gasteiger partial charge in [-0.1, -0.05) is 42.0 Å². The maximum absolute atomic E-state index is 13.7. The quantitative estimate of drug-likeness (QED) is 0.714. The van der Waals surface area contributed by atoms with Crippen LogP contribution in [0.2, 0.25) is 5.02 Å². The Morgan fingerprint density at radius 1 is 1.10 bits per heavy atom. The molecule has 0 aromatic heterocycles. The first-order valence-corrected chi connectivity index (χ1v) is 10.2. The highest BCUT2D eigenvalue weighted by Gasteiger charge is 2.63. The zero-order chi connectivity index (χ0) is 19.7. The predicted octanol–water partition coefficient (Wildman–Crippen LogP) is 3.36. The van der Waals surface area contributed by atoms with Gasteiger partial charge in [-0.3, -0.25) is 9.59 Å². The maximum Gasteiger partial charge on any atom is 0.218 e. The summed E-state index contributed by atoms with van der Waals surface area (Å²) in [5, 5.41) is 0.573. The van der Waals surface area contributed by atoms with Crippen LogP contribution in [-0.4, -0.2) is 42.7 Å². The molecule has 146 valence electrons. The van der Waals surface area contributed by atoms with Gasteiger partial charge in [0.15, 0.2) is 11.6 Å². The van der Waals surface area contributed by atoms with Crippen molar-refractivity contribution < 1.29 is 19.1 Å². The number of carbonyl (C=O) groups excluding carboxylic acids is 2. The third-order valence-electron chi connectivity index (χ3n) is 6.56. The fourth-order valence-corrected chi connectivity index (χ4v) is 5.49. The Morgan fingerprint density at radius 3 is 2.72 bits per heavy atom. The van der Waals surface area contributed by atoms with E-state index in [1.165, 1.54) is 0 Å². The Labute approximate surface area is 172 Å². The van der Waals surface area contributed by atoms with E-state index in [-0.39, 0.29) is 29.6 Å². The van der Waals surface area contributed by atoms with Crippen LogP contribution < -0.4 is 4.90 Å². The van der Waals surface area contributed by atoms with E-state index in [0.717, 1.165) is 11.3 Å². The van der Waals surface area contributed by atoms with E-state index >= 15 is 0 Å². The molecule has 6 heteroatoms. The summed E-state index contributed by atoms with van der Waals surface area (Å²) >= 11 is 6.02. The molecule has 0 radical (unpaired) electrons. The molecule has 6 atom stereocenters. The fourth-order valence-electron chi connectivity index (χ4n) is 5.36. The minimum Gasteiger partial charge on any atom is -0.353 e. The molecule has 4 aliphatic rings. The first-order valence-electron chi connectivity index (χ1n) is 9.79. The highest BCUT2D eigenvalue weighted by molar-refractivity contribution is 6.30. The molecule has 0 unspecified atom stereocenters. The van der Waals surface area contributed by atoms with Crippen molar-refractivity contribution in [3.63, 3.8) is 0 Å². The van der Waals surface area contributed by atoms with E-state index in [1.54, 1.807) is 24.3 Å². The summed E-state index contributed by atoms with van der Waals surface area (Å²) in [6.45, 7) is 0.388. The van der Waals surface area contributed by atoms with Crippen molar-refractivity contribution >= 4 is 34.9 Å². The van der Waals surface area contributed by atoms with Crippen LogP contribution in [0.3, 0.4) is 0 Å². The third-order valence-corrected chi connectivity index (χ3v) is 6.81. The van der Waals surface area contributed by atoms with Crippen LogP contribution in [0, 0.1) is 11.8 Å². The average molecular weight is 408 g/mol. The number of Topliss-reactive ketones (excluding diaryl/α,β-unsaturated/α-hetero) is 2. The van der Waals surface area contributed by atoms with Gasteiger partial charge in [0.05, 0.1) is 24.7 Å². The number of hydrogen-bond acceptors (Lipinski definition) is 5. The van der Waals surface area contributed by atoms with Crippen molar-refractivity contribution in [3.05, 3.63) is 70.8 Å². The molecule has 2 aromatic carbocycles. The molecule has 0 aliphatic carbocycles. The number of benzene rings is 2. The smallest absolute Gasteiger partial charge is 0.218 e. The SMILES string of the molecule is O=C1[C@H]2OC[C@H](O2)[C@H]2[C@@H]1[C@@H](C(=O)c1ccc(Cl)cc1)N1c3ccccc3C=C[C@H]21. The number of anilines is 1. The summed E-state index contributed by atoms with van der Waals surface area (Å²) in [5.41, 5.74) is 2.58. The lowest BCUT2D eigenvalue weighted by molar-refractivity contribution is -0.163. The van der Waals surface area contributed by atoms with Crippen molar-refractivity contribution in [1.82, 2.24) is 0 Å². The Bertz CT molecular complexity index is 1050. The average Bonchev–Trinajstić information content (AvgIpc) is 3.33. The van der Waals surface area contributed by atoms with Gasteiger partial charge in [-0.15, -0.1) is 0 Å². The number of nitrogens with zero attached hydrogens (tertiary/aromatic N) is 1. The zero-order valence-electron chi connectivity index (χ0n) is 15.4. The third kappa shape index (κ3) is 2.41. The Kier molecular flexibility index (Phi) is 3.76. The van der Waals surface area contributed by atoms with Crippen LogP contribution >= 0.6 is 11.6 Å². The van der Waals surface area contributed by atoms with Gasteiger partial charge in [0.25, 0.3) is 0 Å². The van der Waals surface area contributed by atoms with E-state index < -0.39 is 18.2 Å². The molecular weight excluding hydrogens is 390 g/mol. The second kappa shape index (κ2) is 6.26. The molecular formula is C23H18ClNO4. The topological polar surface area (TPSA) is 55.8 Å². The van der Waals surface area contributed by atoms with Gasteiger partial charge in [-0.25, -0.2) is 0 Å². The number of fused-ring (bicyclic) bond motifs is 8. The zero-order valence-corrected chi connectivity index (χ0v) is 16.2. The highest BCUT2D eigenvalue weighted by Crippen LogP contribution is 2.50. The lowest BCUT2D eigenvalue weighted by Gasteiger charge is -2.35. The molecule has 29 heavy (non-hydrogen) atoms. The van der Waals surface area contributed by atoms with Crippen molar-refractivity contribution in [1.29, 1.82) is 0 Å². The summed E-state index contributed by atoms with van der Waals surface area (Å²) < 4.78 is 11.4. The van der Waals surface area contributed by atoms with Crippen molar-refractivity contribution in [3.8, 4) is 0 Å². The van der Waals surface area contributed by atoms with E-state index in [0.29, 0.717) is 17.2 Å². The standard InChI is InChI=1S/C23H18ClNO4/c24-14-8-5-13(6-9-14)21(26)20-19-18(17-11-28-23(29-17)22(19)27)16-10-7-12-3-1-2-4-15(12)25(16)20/h1-10,16-20,23H,11H2/t16-,17+,18+,19-,20+,23+/m1/s1. The number of rotatable bonds is 2. The summed E-state index contributed by atoms with van der Waals surface area (Å²) in [6.07, 6.45) is 3.13. The van der Waals surface area contributed by atoms with Gasteiger partial charge in [-0.2, -0.15) is 0 Å². The van der Waals surface area contributed by atoms with Crippen LogP contribution in [0.25, 0.3) is 6.08 Å². The number of ether oxygens (including phenoxy) is 2. The molecule has 2 aromatic rings. The van der Waals surface area contributed by atoms with E-state index in [9.17, 15) is 9.59 Å². The predicted molar refractivity (Wildman–Crippen MR) is 108 cm³/mol. The van der Waals surface area contributed by atoms with E-state index in [4.69, 9.17) is 21.1 Å². The monoisotopic (exact) mass is 407 g/mol. The number of hydrogen-bond donors (Lipinski definition) is 0. The molecule has 0 amide bonds. The normalized spacial score (nSPS) is 34.0. The van der Waals surface area contributed by atoms with Crippen LogP contribution in [0.15, 0.2) is 54.6 Å². The Hall–Kier alpha value is -2.47. The number of ketones is 2. The van der Waals surface area contributed by atoms with Gasteiger partial charge >= 0.3 is 0 Å².